The predicted octanol–water partition coefficient (Wildman–Crippen LogP) is 2.36. The Balaban J connectivity index is 1.91. The summed E-state index contributed by atoms with van der Waals surface area (Å²) < 4.78 is 2.35. The van der Waals surface area contributed by atoms with E-state index in [-0.39, 0.29) is 5.91 Å². The number of nitrogens with zero attached hydrogens (tertiary/aromatic N) is 3. The van der Waals surface area contributed by atoms with Gasteiger partial charge in [-0.2, -0.15) is 5.10 Å². The van der Waals surface area contributed by atoms with E-state index in [0.29, 0.717) is 22.8 Å². The van der Waals surface area contributed by atoms with Crippen LogP contribution in [0.2, 0.25) is 0 Å². The normalized spacial score (nSPS) is 18.0. The first kappa shape index (κ1) is 15.2. The fourth-order valence-corrected chi connectivity index (χ4v) is 3.13. The third-order valence-electron chi connectivity index (χ3n) is 4.08. The molecule has 1 atom stereocenters. The number of aromatic nitrogens is 2. The zero-order valence-electron chi connectivity index (χ0n) is 12.5. The lowest BCUT2D eigenvalue weighted by Gasteiger charge is -2.17. The van der Waals surface area contributed by atoms with Crippen LogP contribution in [-0.4, -0.2) is 40.2 Å². The highest BCUT2D eigenvalue weighted by molar-refractivity contribution is 9.10. The number of halogens is 1. The van der Waals surface area contributed by atoms with Crippen molar-refractivity contribution in [1.82, 2.24) is 14.7 Å². The van der Waals surface area contributed by atoms with Gasteiger partial charge in [-0.25, -0.2) is 4.68 Å². The van der Waals surface area contributed by atoms with Gasteiger partial charge in [0.25, 0.3) is 5.91 Å². The summed E-state index contributed by atoms with van der Waals surface area (Å²) in [5.74, 6) is 0.415. The van der Waals surface area contributed by atoms with Crippen molar-refractivity contribution in [2.24, 2.45) is 11.7 Å². The minimum absolute atomic E-state index is 0.00900. The number of carbonyl (C=O) groups is 1. The molecule has 2 heterocycles. The molecule has 116 valence electrons. The lowest BCUT2D eigenvalue weighted by atomic mass is 10.1. The van der Waals surface area contributed by atoms with Crippen LogP contribution in [0.3, 0.4) is 0 Å². The van der Waals surface area contributed by atoms with Crippen LogP contribution < -0.4 is 5.73 Å². The number of amides is 1. The number of likely N-dealkylation sites (tertiary alicyclic amines) is 1. The maximum absolute atomic E-state index is 12.8. The quantitative estimate of drug-likeness (QED) is 0.911. The first-order valence-electron chi connectivity index (χ1n) is 7.40. The standard InChI is InChI=1S/C16H19BrN4O/c1-11-2-4-13(5-3-11)21-14(8-15(17)19-21)16(22)20-7-6-12(9-18)10-20/h2-5,8,12H,6-7,9-10,18H2,1H3/t12-/m0/s1. The SMILES string of the molecule is Cc1ccc(-n2nc(Br)cc2C(=O)N2CC[C@@H](CN)C2)cc1. The van der Waals surface area contributed by atoms with E-state index < -0.39 is 0 Å². The lowest BCUT2D eigenvalue weighted by Crippen LogP contribution is -2.31. The number of carbonyl (C=O) groups excluding carboxylic acids is 1. The van der Waals surface area contributed by atoms with Crippen LogP contribution in [0.15, 0.2) is 34.9 Å². The molecule has 1 aliphatic heterocycles. The van der Waals surface area contributed by atoms with Crippen molar-refractivity contribution in [3.63, 3.8) is 0 Å². The summed E-state index contributed by atoms with van der Waals surface area (Å²) in [5, 5.41) is 4.40. The van der Waals surface area contributed by atoms with Crippen LogP contribution in [0.25, 0.3) is 5.69 Å². The van der Waals surface area contributed by atoms with Gasteiger partial charge in [0.05, 0.1) is 5.69 Å². The second kappa shape index (κ2) is 6.22. The molecule has 1 saturated heterocycles. The van der Waals surface area contributed by atoms with E-state index >= 15 is 0 Å². The van der Waals surface area contributed by atoms with E-state index in [2.05, 4.69) is 21.0 Å². The van der Waals surface area contributed by atoms with E-state index in [1.165, 1.54) is 5.56 Å². The van der Waals surface area contributed by atoms with Gasteiger partial charge in [-0.1, -0.05) is 17.7 Å². The molecule has 1 aromatic carbocycles. The molecular formula is C16H19BrN4O. The molecule has 1 aromatic heterocycles. The molecule has 0 radical (unpaired) electrons. The number of nitrogens with two attached hydrogens (primary N) is 1. The number of benzene rings is 1. The fourth-order valence-electron chi connectivity index (χ4n) is 2.76. The Morgan fingerprint density at radius 2 is 2.14 bits per heavy atom. The Morgan fingerprint density at radius 3 is 2.77 bits per heavy atom. The maximum atomic E-state index is 12.8. The minimum Gasteiger partial charge on any atom is -0.337 e. The van der Waals surface area contributed by atoms with Gasteiger partial charge >= 0.3 is 0 Å². The van der Waals surface area contributed by atoms with Gasteiger partial charge < -0.3 is 10.6 Å². The fraction of sp³-hybridized carbons (Fsp3) is 0.375. The van der Waals surface area contributed by atoms with Gasteiger partial charge in [0.15, 0.2) is 0 Å². The molecule has 1 aliphatic rings. The number of aryl methyl sites for hydroxylation is 1. The summed E-state index contributed by atoms with van der Waals surface area (Å²) in [6.45, 7) is 4.15. The number of hydrogen-bond donors (Lipinski definition) is 1. The van der Waals surface area contributed by atoms with Gasteiger partial charge in [0.2, 0.25) is 0 Å². The average Bonchev–Trinajstić information content (AvgIpc) is 3.14. The molecule has 2 aromatic rings. The summed E-state index contributed by atoms with van der Waals surface area (Å²) >= 11 is 3.37. The van der Waals surface area contributed by atoms with Crippen LogP contribution in [0.5, 0.6) is 0 Å². The largest absolute Gasteiger partial charge is 0.337 e. The van der Waals surface area contributed by atoms with Crippen LogP contribution in [0.4, 0.5) is 0 Å². The van der Waals surface area contributed by atoms with Crippen molar-refractivity contribution in [1.29, 1.82) is 0 Å². The highest BCUT2D eigenvalue weighted by Gasteiger charge is 2.28. The van der Waals surface area contributed by atoms with Crippen molar-refractivity contribution < 1.29 is 4.79 Å². The van der Waals surface area contributed by atoms with Gasteiger partial charge in [0.1, 0.15) is 10.3 Å². The summed E-state index contributed by atoms with van der Waals surface area (Å²) in [5.41, 5.74) is 8.35. The topological polar surface area (TPSA) is 64.2 Å². The molecule has 2 N–H and O–H groups in total. The van der Waals surface area contributed by atoms with E-state index in [0.717, 1.165) is 25.2 Å². The molecular weight excluding hydrogens is 344 g/mol. The van der Waals surface area contributed by atoms with Crippen LogP contribution >= 0.6 is 15.9 Å². The Bertz CT molecular complexity index is 680. The Kier molecular flexibility index (Phi) is 4.31. The van der Waals surface area contributed by atoms with Crippen LogP contribution in [0, 0.1) is 12.8 Å². The molecule has 1 amide bonds. The van der Waals surface area contributed by atoms with Crippen molar-refractivity contribution in [3.05, 3.63) is 46.2 Å². The van der Waals surface area contributed by atoms with Gasteiger partial charge in [-0.15, -0.1) is 0 Å². The van der Waals surface area contributed by atoms with Crippen molar-refractivity contribution in [2.45, 2.75) is 13.3 Å². The van der Waals surface area contributed by atoms with Gasteiger partial charge in [0, 0.05) is 19.2 Å². The maximum Gasteiger partial charge on any atom is 0.272 e. The molecule has 0 spiro atoms. The second-order valence-corrected chi connectivity index (χ2v) is 6.55. The van der Waals surface area contributed by atoms with Gasteiger partial charge in [-0.05, 0) is 53.9 Å². The average molecular weight is 363 g/mol. The first-order chi connectivity index (χ1) is 10.6. The van der Waals surface area contributed by atoms with E-state index in [1.54, 1.807) is 10.7 Å². The molecule has 1 fully saturated rings. The summed E-state index contributed by atoms with van der Waals surface area (Å²) in [4.78, 5) is 14.7. The summed E-state index contributed by atoms with van der Waals surface area (Å²) in [7, 11) is 0. The molecule has 22 heavy (non-hydrogen) atoms. The monoisotopic (exact) mass is 362 g/mol. The van der Waals surface area contributed by atoms with E-state index in [1.807, 2.05) is 36.1 Å². The minimum atomic E-state index is 0.00900. The highest BCUT2D eigenvalue weighted by Crippen LogP contribution is 2.22. The summed E-state index contributed by atoms with van der Waals surface area (Å²) in [6, 6.07) is 9.74. The van der Waals surface area contributed by atoms with Crippen molar-refractivity contribution in [2.75, 3.05) is 19.6 Å². The summed E-state index contributed by atoms with van der Waals surface area (Å²) in [6.07, 6.45) is 0.974. The van der Waals surface area contributed by atoms with Gasteiger partial charge in [-0.3, -0.25) is 4.79 Å². The number of hydrogen-bond acceptors (Lipinski definition) is 3. The Hall–Kier alpha value is -1.66. The third kappa shape index (κ3) is 2.94. The van der Waals surface area contributed by atoms with E-state index in [9.17, 15) is 4.79 Å². The van der Waals surface area contributed by atoms with Crippen LogP contribution in [0.1, 0.15) is 22.5 Å². The molecule has 0 bridgehead atoms. The van der Waals surface area contributed by atoms with Crippen LogP contribution in [-0.2, 0) is 0 Å². The van der Waals surface area contributed by atoms with Crippen molar-refractivity contribution >= 4 is 21.8 Å². The third-order valence-corrected chi connectivity index (χ3v) is 4.47. The first-order valence-corrected chi connectivity index (χ1v) is 8.19. The number of rotatable bonds is 3. The Labute approximate surface area is 138 Å². The lowest BCUT2D eigenvalue weighted by molar-refractivity contribution is 0.0778. The molecule has 0 saturated carbocycles. The van der Waals surface area contributed by atoms with Crippen molar-refractivity contribution in [3.8, 4) is 5.69 Å². The van der Waals surface area contributed by atoms with E-state index in [4.69, 9.17) is 5.73 Å². The Morgan fingerprint density at radius 1 is 1.41 bits per heavy atom. The molecule has 3 rings (SSSR count). The second-order valence-electron chi connectivity index (χ2n) is 5.74. The zero-order chi connectivity index (χ0) is 15.7. The smallest absolute Gasteiger partial charge is 0.272 e. The molecule has 5 nitrogen and oxygen atoms in total. The molecule has 6 heteroatoms. The highest BCUT2D eigenvalue weighted by atomic mass is 79.9. The molecule has 0 aliphatic carbocycles. The predicted molar refractivity (Wildman–Crippen MR) is 89.1 cm³/mol. The zero-order valence-corrected chi connectivity index (χ0v) is 14.1. The molecule has 0 unspecified atom stereocenters.